The van der Waals surface area contributed by atoms with Crippen molar-refractivity contribution in [1.82, 2.24) is 43.5 Å². The van der Waals surface area contributed by atoms with E-state index < -0.39 is 22.8 Å². The minimum Gasteiger partial charge on any atom is -0.494 e. The number of carbonyl (C=O) groups excluding carboxylic acids is 1. The monoisotopic (exact) mass is 851 g/mol. The van der Waals surface area contributed by atoms with Gasteiger partial charge in [-0.05, 0) is 116 Å². The molecule has 1 aliphatic carbocycles. The van der Waals surface area contributed by atoms with Crippen LogP contribution in [-0.2, 0) is 24.9 Å². The molecule has 0 unspecified atom stereocenters. The highest BCUT2D eigenvalue weighted by molar-refractivity contribution is 6.00. The van der Waals surface area contributed by atoms with Crippen LogP contribution in [0.15, 0.2) is 93.4 Å². The van der Waals surface area contributed by atoms with E-state index in [9.17, 15) is 14.0 Å². The smallest absolute Gasteiger partial charge is 0.438 e. The summed E-state index contributed by atoms with van der Waals surface area (Å²) in [5.41, 5.74) is 6.80. The Morgan fingerprint density at radius 1 is 0.984 bits per heavy atom. The van der Waals surface area contributed by atoms with Gasteiger partial charge in [-0.3, -0.25) is 28.4 Å². The molecule has 320 valence electrons. The number of aromatic amines is 1. The van der Waals surface area contributed by atoms with Crippen LogP contribution in [0.3, 0.4) is 0 Å². The molecule has 0 spiro atoms. The van der Waals surface area contributed by atoms with Crippen LogP contribution in [0.25, 0.3) is 39.2 Å². The van der Waals surface area contributed by atoms with Gasteiger partial charge in [0.2, 0.25) is 0 Å². The normalized spacial score (nSPS) is 17.1. The largest absolute Gasteiger partial charge is 0.494 e. The third kappa shape index (κ3) is 6.17. The van der Waals surface area contributed by atoms with E-state index in [0.29, 0.717) is 64.8 Å². The van der Waals surface area contributed by atoms with E-state index in [1.54, 1.807) is 47.8 Å². The Balaban J connectivity index is 1.11. The molecular weight excluding hydrogens is 809 g/mol. The van der Waals surface area contributed by atoms with E-state index in [1.807, 2.05) is 42.0 Å². The molecule has 1 amide bonds. The van der Waals surface area contributed by atoms with Crippen LogP contribution in [0.4, 0.5) is 8.78 Å². The molecule has 63 heavy (non-hydrogen) atoms. The van der Waals surface area contributed by atoms with Crippen molar-refractivity contribution in [3.05, 3.63) is 157 Å². The van der Waals surface area contributed by atoms with Crippen LogP contribution in [0.2, 0.25) is 0 Å². The number of aromatic nitrogens is 8. The first kappa shape index (κ1) is 39.8. The number of pyridine rings is 1. The fourth-order valence-electron chi connectivity index (χ4n) is 9.50. The molecule has 2 atom stereocenters. The highest BCUT2D eigenvalue weighted by Crippen LogP contribution is 2.56. The summed E-state index contributed by atoms with van der Waals surface area (Å²) in [5.74, 6) is -1.21. The second-order valence-corrected chi connectivity index (χ2v) is 16.6. The molecule has 1 aliphatic heterocycles. The summed E-state index contributed by atoms with van der Waals surface area (Å²) in [5, 5.41) is 9.97. The molecule has 1 saturated carbocycles. The average Bonchev–Trinajstić information content (AvgIpc) is 3.76. The predicted octanol–water partition coefficient (Wildman–Crippen LogP) is 7.26. The molecular formula is C47H43F2N9O5. The number of halogens is 2. The molecule has 1 fully saturated rings. The van der Waals surface area contributed by atoms with Gasteiger partial charge < -0.3 is 14.2 Å². The topological polar surface area (TPSA) is 151 Å². The van der Waals surface area contributed by atoms with Crippen LogP contribution in [0.5, 0.6) is 5.75 Å². The van der Waals surface area contributed by atoms with Gasteiger partial charge in [0.25, 0.3) is 5.91 Å². The number of aryl methyl sites for hydroxylation is 3. The minimum atomic E-state index is -0.866. The van der Waals surface area contributed by atoms with Crippen molar-refractivity contribution in [2.45, 2.75) is 66.0 Å². The first-order valence-electron chi connectivity index (χ1n) is 20.8. The molecule has 6 heterocycles. The summed E-state index contributed by atoms with van der Waals surface area (Å²) in [4.78, 5) is 51.1. The third-order valence-corrected chi connectivity index (χ3v) is 12.9. The highest BCUT2D eigenvalue weighted by Gasteiger charge is 2.59. The zero-order valence-electron chi connectivity index (χ0n) is 35.5. The second kappa shape index (κ2) is 14.6. The number of fused-ring (bicyclic) bond motifs is 2. The van der Waals surface area contributed by atoms with Crippen LogP contribution in [0, 0.1) is 38.3 Å². The maximum atomic E-state index is 15.3. The maximum Gasteiger partial charge on any atom is 0.438 e. The summed E-state index contributed by atoms with van der Waals surface area (Å²) in [6.07, 6.45) is 6.66. The number of nitrogens with one attached hydrogen (secondary N) is 1. The molecule has 3 aromatic carbocycles. The quantitative estimate of drug-likeness (QED) is 0.159. The van der Waals surface area contributed by atoms with Crippen molar-refractivity contribution >= 4 is 16.8 Å². The molecule has 5 aromatic heterocycles. The molecule has 0 radical (unpaired) electrons. The third-order valence-electron chi connectivity index (χ3n) is 12.9. The second-order valence-electron chi connectivity index (χ2n) is 16.6. The minimum absolute atomic E-state index is 0.00913. The lowest BCUT2D eigenvalue weighted by Crippen LogP contribution is -2.39. The Morgan fingerprint density at radius 3 is 2.43 bits per heavy atom. The molecule has 1 N–H and O–H groups in total. The molecule has 2 aliphatic rings. The van der Waals surface area contributed by atoms with Gasteiger partial charge in [-0.25, -0.2) is 23.1 Å². The molecule has 16 heteroatoms. The van der Waals surface area contributed by atoms with Crippen molar-refractivity contribution in [3.63, 3.8) is 0 Å². The highest BCUT2D eigenvalue weighted by atomic mass is 19.1. The van der Waals surface area contributed by atoms with E-state index in [0.717, 1.165) is 39.7 Å². The van der Waals surface area contributed by atoms with Gasteiger partial charge in [0.1, 0.15) is 22.9 Å². The number of benzene rings is 3. The van der Waals surface area contributed by atoms with Crippen molar-refractivity contribution in [1.29, 1.82) is 0 Å². The maximum absolute atomic E-state index is 15.3. The zero-order valence-corrected chi connectivity index (χ0v) is 35.5. The first-order valence-corrected chi connectivity index (χ1v) is 20.8. The fourth-order valence-corrected chi connectivity index (χ4v) is 9.50. The Labute approximate surface area is 359 Å². The van der Waals surface area contributed by atoms with E-state index in [2.05, 4.69) is 35.0 Å². The number of methoxy groups -OCH3 is 1. The number of H-pyrrole nitrogens is 1. The Bertz CT molecular complexity index is 3270. The number of rotatable bonds is 9. The van der Waals surface area contributed by atoms with Gasteiger partial charge in [0, 0.05) is 59.8 Å². The molecule has 14 nitrogen and oxygen atoms in total. The molecule has 8 aromatic rings. The van der Waals surface area contributed by atoms with Gasteiger partial charge in [0.15, 0.2) is 17.4 Å². The predicted molar refractivity (Wildman–Crippen MR) is 230 cm³/mol. The number of ether oxygens (including phenoxy) is 1. The van der Waals surface area contributed by atoms with E-state index >= 15 is 9.18 Å². The van der Waals surface area contributed by atoms with Gasteiger partial charge in [-0.15, -0.1) is 0 Å². The van der Waals surface area contributed by atoms with Crippen molar-refractivity contribution < 1.29 is 22.8 Å². The van der Waals surface area contributed by atoms with Crippen LogP contribution in [0.1, 0.15) is 70.2 Å². The Morgan fingerprint density at radius 2 is 1.75 bits per heavy atom. The lowest BCUT2D eigenvalue weighted by atomic mass is 9.98. The van der Waals surface area contributed by atoms with Crippen LogP contribution in [-0.4, -0.2) is 63.1 Å². The Hall–Kier alpha value is -7.36. The van der Waals surface area contributed by atoms with Gasteiger partial charge in [0.05, 0.1) is 30.7 Å². The Kier molecular flexibility index (Phi) is 9.24. The van der Waals surface area contributed by atoms with Crippen molar-refractivity contribution in [2.75, 3.05) is 13.7 Å². The van der Waals surface area contributed by atoms with E-state index in [-0.39, 0.29) is 35.6 Å². The SMILES string of the molecule is CCc1nccc(-c2ccc3c(c2)cc(C(=O)N2CCc4nn(-c5cc(C)c(F)c(C)c5)c(-n5ccn(-c6ccc(OC)c(F)c6)c5=O)c4C2)n3[C@@]2(c3noc(=O)[nH]3)C[C@@H]2C)c1C. The number of hydrogen-bond donors (Lipinski definition) is 1. The average molecular weight is 852 g/mol. The zero-order chi connectivity index (χ0) is 44.1. The summed E-state index contributed by atoms with van der Waals surface area (Å²) in [6, 6.07) is 17.6. The summed E-state index contributed by atoms with van der Waals surface area (Å²) < 4.78 is 46.4. The number of nitrogens with zero attached hydrogens (tertiary/aromatic N) is 8. The number of hydrogen-bond acceptors (Lipinski definition) is 8. The van der Waals surface area contributed by atoms with Crippen LogP contribution < -0.4 is 16.2 Å². The number of imidazole rings is 1. The van der Waals surface area contributed by atoms with Gasteiger partial charge >= 0.3 is 11.4 Å². The number of carbonyl (C=O) groups is 1. The first-order chi connectivity index (χ1) is 30.3. The lowest BCUT2D eigenvalue weighted by molar-refractivity contribution is 0.0721. The molecule has 10 rings (SSSR count). The van der Waals surface area contributed by atoms with Crippen LogP contribution >= 0.6 is 0 Å². The number of amides is 1. The van der Waals surface area contributed by atoms with E-state index in [1.165, 1.54) is 34.6 Å². The van der Waals surface area contributed by atoms with Crippen molar-refractivity contribution in [2.24, 2.45) is 5.92 Å². The standard InChI is InChI=1S/C47H43F2N9O5/c1-7-36-28(5)33(12-14-50-36)29-8-10-38-30(20-29)21-39(57(38)47(23-27(47)4)44-51-45(60)63-53-44)43(59)54-15-13-37-34(24-54)42(58(52-37)32-18-25(2)41(49)26(3)19-32)56-17-16-55(46(56)61)31-9-11-40(62-6)35(48)22-31/h8-12,14,16-22,27H,7,13,15,23-24H2,1-6H3,(H,51,53,60)/t27-,47-/m0/s1. The summed E-state index contributed by atoms with van der Waals surface area (Å²) >= 11 is 0. The molecule has 0 saturated heterocycles. The summed E-state index contributed by atoms with van der Waals surface area (Å²) in [7, 11) is 1.36. The lowest BCUT2D eigenvalue weighted by Gasteiger charge is -2.29. The molecule has 0 bridgehead atoms. The van der Waals surface area contributed by atoms with E-state index in [4.69, 9.17) is 14.4 Å². The fraction of sp³-hybridized carbons (Fsp3) is 0.277. The van der Waals surface area contributed by atoms with Gasteiger partial charge in [-0.2, -0.15) is 5.10 Å². The van der Waals surface area contributed by atoms with Gasteiger partial charge in [-0.1, -0.05) is 25.1 Å². The van der Waals surface area contributed by atoms with Crippen molar-refractivity contribution in [3.8, 4) is 34.1 Å². The summed E-state index contributed by atoms with van der Waals surface area (Å²) in [6.45, 7) is 9.90.